The number of fused-ring (bicyclic) bond motifs is 1. The molecule has 3 rings (SSSR count). The number of piperidine rings is 1. The highest BCUT2D eigenvalue weighted by molar-refractivity contribution is 7.92. The third kappa shape index (κ3) is 3.85. The van der Waals surface area contributed by atoms with E-state index in [1.54, 1.807) is 23.1 Å². The van der Waals surface area contributed by atoms with Crippen LogP contribution in [0.25, 0.3) is 0 Å². The van der Waals surface area contributed by atoms with Crippen LogP contribution in [0, 0.1) is 0 Å². The molecule has 8 heteroatoms. The van der Waals surface area contributed by atoms with Gasteiger partial charge in [-0.05, 0) is 55.9 Å². The lowest BCUT2D eigenvalue weighted by atomic mass is 9.96. The average Bonchev–Trinajstić information content (AvgIpc) is 3.03. The third-order valence-corrected chi connectivity index (χ3v) is 6.34. The Morgan fingerprint density at radius 3 is 2.69 bits per heavy atom. The van der Waals surface area contributed by atoms with E-state index in [1.807, 2.05) is 0 Å². The highest BCUT2D eigenvalue weighted by atomic mass is 32.2. The largest absolute Gasteiger partial charge is 0.481 e. The Kier molecular flexibility index (Phi) is 5.22. The highest BCUT2D eigenvalue weighted by Crippen LogP contribution is 2.32. The molecular weight excluding hydrogens is 356 g/mol. The van der Waals surface area contributed by atoms with Crippen LogP contribution in [-0.4, -0.2) is 55.7 Å². The van der Waals surface area contributed by atoms with Crippen molar-refractivity contribution in [1.82, 2.24) is 4.90 Å². The van der Waals surface area contributed by atoms with Crippen LogP contribution in [0.15, 0.2) is 18.2 Å². The molecule has 1 N–H and O–H groups in total. The van der Waals surface area contributed by atoms with E-state index in [-0.39, 0.29) is 18.4 Å². The maximum absolute atomic E-state index is 13.0. The molecule has 1 atom stereocenters. The number of amides is 1. The zero-order chi connectivity index (χ0) is 18.9. The number of hydrogen-bond acceptors (Lipinski definition) is 4. The van der Waals surface area contributed by atoms with Gasteiger partial charge in [0.1, 0.15) is 0 Å². The lowest BCUT2D eigenvalue weighted by molar-refractivity contribution is -0.137. The molecule has 0 saturated carbocycles. The fourth-order valence-corrected chi connectivity index (χ4v) is 4.83. The fourth-order valence-electron chi connectivity index (χ4n) is 3.87. The van der Waals surface area contributed by atoms with Gasteiger partial charge in [0, 0.05) is 31.1 Å². The topological polar surface area (TPSA) is 95.0 Å². The minimum atomic E-state index is -3.31. The van der Waals surface area contributed by atoms with Crippen molar-refractivity contribution in [2.24, 2.45) is 0 Å². The van der Waals surface area contributed by atoms with Crippen molar-refractivity contribution in [3.8, 4) is 0 Å². The first-order valence-electron chi connectivity index (χ1n) is 8.91. The lowest BCUT2D eigenvalue weighted by Gasteiger charge is -2.36. The Morgan fingerprint density at radius 1 is 1.23 bits per heavy atom. The molecular formula is C18H24N2O5S. The number of carbonyl (C=O) groups is 2. The molecule has 2 aliphatic heterocycles. The van der Waals surface area contributed by atoms with Crippen LogP contribution in [-0.2, 0) is 21.2 Å². The lowest BCUT2D eigenvalue weighted by Crippen LogP contribution is -2.44. The summed E-state index contributed by atoms with van der Waals surface area (Å²) in [5, 5.41) is 8.93. The van der Waals surface area contributed by atoms with E-state index in [2.05, 4.69) is 0 Å². The third-order valence-electron chi connectivity index (χ3n) is 5.16. The van der Waals surface area contributed by atoms with Crippen LogP contribution >= 0.6 is 0 Å². The van der Waals surface area contributed by atoms with E-state index in [1.165, 1.54) is 10.6 Å². The number of carbonyl (C=O) groups excluding carboxylic acids is 1. The predicted molar refractivity (Wildman–Crippen MR) is 97.9 cm³/mol. The summed E-state index contributed by atoms with van der Waals surface area (Å²) in [5.74, 6) is -0.943. The van der Waals surface area contributed by atoms with Gasteiger partial charge >= 0.3 is 5.97 Å². The maximum atomic E-state index is 13.0. The zero-order valence-electron chi connectivity index (χ0n) is 14.8. The Hall–Kier alpha value is -2.09. The summed E-state index contributed by atoms with van der Waals surface area (Å²) in [6.07, 6.45) is 5.04. The first kappa shape index (κ1) is 18.7. The van der Waals surface area contributed by atoms with Gasteiger partial charge in [-0.2, -0.15) is 0 Å². The van der Waals surface area contributed by atoms with Crippen LogP contribution in [0.1, 0.15) is 48.0 Å². The smallest absolute Gasteiger partial charge is 0.303 e. The van der Waals surface area contributed by atoms with Crippen molar-refractivity contribution >= 4 is 27.6 Å². The zero-order valence-corrected chi connectivity index (χ0v) is 15.7. The summed E-state index contributed by atoms with van der Waals surface area (Å²) in [6, 6.07) is 5.11. The van der Waals surface area contributed by atoms with E-state index in [0.717, 1.165) is 24.8 Å². The minimum Gasteiger partial charge on any atom is -0.481 e. The standard InChI is InChI=1S/C18H24N2O5S/c1-26(24,25)20-11-9-13-12-14(5-7-16(13)20)18(23)19-10-3-2-4-15(19)6-8-17(21)22/h5,7,12,15H,2-4,6,8-11H2,1H3,(H,21,22). The number of sulfonamides is 1. The Balaban J connectivity index is 1.80. The molecule has 0 radical (unpaired) electrons. The molecule has 0 aromatic heterocycles. The number of carboxylic acids is 1. The van der Waals surface area contributed by atoms with Crippen molar-refractivity contribution in [3.05, 3.63) is 29.3 Å². The van der Waals surface area contributed by atoms with E-state index >= 15 is 0 Å². The molecule has 2 heterocycles. The number of benzene rings is 1. The summed E-state index contributed by atoms with van der Waals surface area (Å²) in [6.45, 7) is 1.03. The highest BCUT2D eigenvalue weighted by Gasteiger charge is 2.30. The van der Waals surface area contributed by atoms with Crippen molar-refractivity contribution in [1.29, 1.82) is 0 Å². The Morgan fingerprint density at radius 2 is 2.00 bits per heavy atom. The van der Waals surface area contributed by atoms with Crippen molar-refractivity contribution in [3.63, 3.8) is 0 Å². The second-order valence-electron chi connectivity index (χ2n) is 7.01. The van der Waals surface area contributed by atoms with Crippen molar-refractivity contribution < 1.29 is 23.1 Å². The van der Waals surface area contributed by atoms with Crippen LogP contribution in [0.4, 0.5) is 5.69 Å². The monoisotopic (exact) mass is 380 g/mol. The number of aliphatic carboxylic acids is 1. The van der Waals surface area contributed by atoms with E-state index in [9.17, 15) is 18.0 Å². The Labute approximate surface area is 153 Å². The molecule has 1 unspecified atom stereocenters. The first-order chi connectivity index (χ1) is 12.3. The molecule has 1 aromatic rings. The maximum Gasteiger partial charge on any atom is 0.303 e. The van der Waals surface area contributed by atoms with Crippen molar-refractivity contribution in [2.45, 2.75) is 44.6 Å². The van der Waals surface area contributed by atoms with E-state index in [0.29, 0.717) is 37.2 Å². The van der Waals surface area contributed by atoms with Gasteiger partial charge < -0.3 is 10.0 Å². The summed E-state index contributed by atoms with van der Waals surface area (Å²) < 4.78 is 25.0. The van der Waals surface area contributed by atoms with Gasteiger partial charge in [-0.25, -0.2) is 8.42 Å². The van der Waals surface area contributed by atoms with Gasteiger partial charge in [0.2, 0.25) is 10.0 Å². The van der Waals surface area contributed by atoms with Gasteiger partial charge in [0.05, 0.1) is 11.9 Å². The van der Waals surface area contributed by atoms with Crippen LogP contribution in [0.2, 0.25) is 0 Å². The number of likely N-dealkylation sites (tertiary alicyclic amines) is 1. The second kappa shape index (κ2) is 7.26. The van der Waals surface area contributed by atoms with Gasteiger partial charge in [-0.3, -0.25) is 13.9 Å². The van der Waals surface area contributed by atoms with Gasteiger partial charge in [0.25, 0.3) is 5.91 Å². The predicted octanol–water partition coefficient (Wildman–Crippen LogP) is 1.87. The molecule has 1 amide bonds. The normalized spacial score (nSPS) is 20.1. The van der Waals surface area contributed by atoms with E-state index in [4.69, 9.17) is 5.11 Å². The number of nitrogens with zero attached hydrogens (tertiary/aromatic N) is 2. The van der Waals surface area contributed by atoms with Crippen LogP contribution in [0.5, 0.6) is 0 Å². The van der Waals surface area contributed by atoms with Crippen LogP contribution in [0.3, 0.4) is 0 Å². The van der Waals surface area contributed by atoms with Crippen molar-refractivity contribution in [2.75, 3.05) is 23.7 Å². The summed E-state index contributed by atoms with van der Waals surface area (Å²) >= 11 is 0. The minimum absolute atomic E-state index is 0.0480. The summed E-state index contributed by atoms with van der Waals surface area (Å²) in [4.78, 5) is 25.6. The van der Waals surface area contributed by atoms with Gasteiger partial charge in [0.15, 0.2) is 0 Å². The van der Waals surface area contributed by atoms with E-state index < -0.39 is 16.0 Å². The number of hydrogen-bond donors (Lipinski definition) is 1. The molecule has 1 aromatic carbocycles. The molecule has 0 spiro atoms. The molecule has 2 aliphatic rings. The first-order valence-corrected chi connectivity index (χ1v) is 10.8. The number of carboxylic acid groups (broad SMARTS) is 1. The molecule has 142 valence electrons. The molecule has 1 fully saturated rings. The van der Waals surface area contributed by atoms with Gasteiger partial charge in [-0.1, -0.05) is 0 Å². The van der Waals surface area contributed by atoms with Gasteiger partial charge in [-0.15, -0.1) is 0 Å². The average molecular weight is 380 g/mol. The molecule has 1 saturated heterocycles. The molecule has 0 aliphatic carbocycles. The van der Waals surface area contributed by atoms with Crippen LogP contribution < -0.4 is 4.31 Å². The second-order valence-corrected chi connectivity index (χ2v) is 8.92. The fraction of sp³-hybridized carbons (Fsp3) is 0.556. The molecule has 7 nitrogen and oxygen atoms in total. The quantitative estimate of drug-likeness (QED) is 0.841. The number of rotatable bonds is 5. The number of anilines is 1. The molecule has 0 bridgehead atoms. The Bertz CT molecular complexity index is 821. The summed E-state index contributed by atoms with van der Waals surface area (Å²) in [7, 11) is -3.31. The molecule has 26 heavy (non-hydrogen) atoms. The summed E-state index contributed by atoms with van der Waals surface area (Å²) in [5.41, 5.74) is 2.05. The SMILES string of the molecule is CS(=O)(=O)N1CCc2cc(C(=O)N3CCCCC3CCC(=O)O)ccc21.